The van der Waals surface area contributed by atoms with Gasteiger partial charge in [0, 0.05) is 19.3 Å². The van der Waals surface area contributed by atoms with Gasteiger partial charge in [0.15, 0.2) is 0 Å². The zero-order valence-corrected chi connectivity index (χ0v) is 26.1. The number of unbranched alkanes of at least 4 members (excludes halogenated alkanes) is 3. The van der Waals surface area contributed by atoms with Crippen molar-refractivity contribution in [3.8, 4) is 0 Å². The Hall–Kier alpha value is -1.59. The third-order valence-corrected chi connectivity index (χ3v) is 7.88. The van der Waals surface area contributed by atoms with Crippen molar-refractivity contribution < 1.29 is 28.6 Å². The minimum absolute atomic E-state index is 0.113. The van der Waals surface area contributed by atoms with Crippen molar-refractivity contribution in [2.75, 3.05) is 19.8 Å². The first-order valence-electron chi connectivity index (χ1n) is 16.0. The number of ether oxygens (including phenoxy) is 3. The minimum atomic E-state index is -0.144. The van der Waals surface area contributed by atoms with Crippen LogP contribution >= 0.6 is 0 Å². The quantitative estimate of drug-likeness (QED) is 0.0809. The van der Waals surface area contributed by atoms with E-state index >= 15 is 0 Å². The monoisotopic (exact) mass is 552 g/mol. The Morgan fingerprint density at radius 3 is 1.33 bits per heavy atom. The van der Waals surface area contributed by atoms with E-state index in [-0.39, 0.29) is 35.7 Å². The Morgan fingerprint density at radius 2 is 0.923 bits per heavy atom. The highest BCUT2D eigenvalue weighted by molar-refractivity contribution is 5.70. The van der Waals surface area contributed by atoms with Gasteiger partial charge in [0.1, 0.15) is 0 Å². The first kappa shape index (κ1) is 35.4. The molecule has 0 amide bonds. The van der Waals surface area contributed by atoms with Crippen molar-refractivity contribution in [1.82, 2.24) is 0 Å². The van der Waals surface area contributed by atoms with Crippen LogP contribution in [0.15, 0.2) is 0 Å². The summed E-state index contributed by atoms with van der Waals surface area (Å²) in [7, 11) is 0. The van der Waals surface area contributed by atoms with Crippen LogP contribution in [0, 0.1) is 35.5 Å². The topological polar surface area (TPSA) is 78.9 Å². The summed E-state index contributed by atoms with van der Waals surface area (Å²) in [5.41, 5.74) is 0. The smallest absolute Gasteiger partial charge is 0.305 e. The van der Waals surface area contributed by atoms with Crippen LogP contribution in [0.3, 0.4) is 0 Å². The average molecular weight is 553 g/mol. The van der Waals surface area contributed by atoms with Gasteiger partial charge in [-0.3, -0.25) is 14.4 Å². The fourth-order valence-electron chi connectivity index (χ4n) is 5.29. The van der Waals surface area contributed by atoms with E-state index in [1.165, 1.54) is 0 Å². The molecule has 1 rings (SSSR count). The molecule has 0 aromatic heterocycles. The summed E-state index contributed by atoms with van der Waals surface area (Å²) < 4.78 is 17.0. The Balaban J connectivity index is 2.52. The molecule has 3 unspecified atom stereocenters. The van der Waals surface area contributed by atoms with E-state index < -0.39 is 0 Å². The van der Waals surface area contributed by atoms with E-state index in [1.54, 1.807) is 0 Å². The van der Waals surface area contributed by atoms with Crippen LogP contribution in [0.4, 0.5) is 0 Å². The lowest BCUT2D eigenvalue weighted by molar-refractivity contribution is -0.152. The molecule has 1 aliphatic carbocycles. The van der Waals surface area contributed by atoms with Crippen LogP contribution in [0.1, 0.15) is 138 Å². The van der Waals surface area contributed by atoms with Crippen molar-refractivity contribution in [2.24, 2.45) is 35.5 Å². The molecule has 0 bridgehead atoms. The Labute approximate surface area is 239 Å². The molecule has 0 aromatic rings. The minimum Gasteiger partial charge on any atom is -0.465 e. The zero-order chi connectivity index (χ0) is 29.0. The van der Waals surface area contributed by atoms with Crippen LogP contribution in [0.5, 0.6) is 0 Å². The van der Waals surface area contributed by atoms with Gasteiger partial charge in [-0.15, -0.1) is 0 Å². The molecule has 0 saturated heterocycles. The zero-order valence-electron chi connectivity index (χ0n) is 26.1. The van der Waals surface area contributed by atoms with Gasteiger partial charge in [0.05, 0.1) is 19.8 Å². The van der Waals surface area contributed by atoms with Crippen LogP contribution in [-0.2, 0) is 28.6 Å². The van der Waals surface area contributed by atoms with E-state index in [0.29, 0.717) is 56.8 Å². The molecule has 6 heteroatoms. The number of rotatable bonds is 21. The van der Waals surface area contributed by atoms with Gasteiger partial charge in [-0.2, -0.15) is 0 Å². The fraction of sp³-hybridized carbons (Fsp3) is 0.909. The van der Waals surface area contributed by atoms with Gasteiger partial charge < -0.3 is 14.2 Å². The number of carbonyl (C=O) groups excluding carboxylic acids is 3. The predicted molar refractivity (Wildman–Crippen MR) is 157 cm³/mol. The Bertz CT molecular complexity index is 671. The highest BCUT2D eigenvalue weighted by atomic mass is 16.5. The normalized spacial score (nSPS) is 19.5. The van der Waals surface area contributed by atoms with E-state index in [9.17, 15) is 14.4 Å². The lowest BCUT2D eigenvalue weighted by Gasteiger charge is -2.35. The Kier molecular flexibility index (Phi) is 19.3. The average Bonchev–Trinajstić information content (AvgIpc) is 2.88. The molecule has 1 fully saturated rings. The number of esters is 3. The molecule has 1 aliphatic rings. The number of hydrogen-bond acceptors (Lipinski definition) is 6. The molecule has 0 N–H and O–H groups in total. The summed E-state index contributed by atoms with van der Waals surface area (Å²) in [5, 5.41) is 0. The summed E-state index contributed by atoms with van der Waals surface area (Å²) in [6.45, 7) is 14.3. The molecular formula is C33H60O6. The largest absolute Gasteiger partial charge is 0.465 e. The molecular weight excluding hydrogens is 492 g/mol. The molecule has 0 radical (unpaired) electrons. The van der Waals surface area contributed by atoms with Gasteiger partial charge in [-0.05, 0) is 74.0 Å². The van der Waals surface area contributed by atoms with Gasteiger partial charge in [-0.1, -0.05) is 80.1 Å². The van der Waals surface area contributed by atoms with Gasteiger partial charge >= 0.3 is 17.9 Å². The maximum absolute atomic E-state index is 12.4. The summed E-state index contributed by atoms with van der Waals surface area (Å²) in [5.74, 6) is 2.10. The SMILES string of the molecule is CC(C)CCCCC(=O)OCC1CCC(COC(=O)CCCCC(C)C)C(COC(=O)CCCCC(C)C)C1. The van der Waals surface area contributed by atoms with Gasteiger partial charge in [-0.25, -0.2) is 0 Å². The summed E-state index contributed by atoms with van der Waals surface area (Å²) in [6, 6.07) is 0. The first-order chi connectivity index (χ1) is 18.6. The molecule has 0 heterocycles. The maximum Gasteiger partial charge on any atom is 0.305 e. The van der Waals surface area contributed by atoms with Crippen molar-refractivity contribution >= 4 is 17.9 Å². The standard InChI is InChI=1S/C33H60O6/c1-25(2)13-7-10-16-31(34)37-22-28-19-20-29(23-38-32(35)17-11-8-14-26(3)4)30(21-28)24-39-33(36)18-12-9-15-27(5)6/h25-30H,7-24H2,1-6H3. The van der Waals surface area contributed by atoms with E-state index in [0.717, 1.165) is 77.0 Å². The first-order valence-corrected chi connectivity index (χ1v) is 16.0. The molecule has 0 aliphatic heterocycles. The molecule has 6 nitrogen and oxygen atoms in total. The predicted octanol–water partition coefficient (Wildman–Crippen LogP) is 8.30. The molecule has 39 heavy (non-hydrogen) atoms. The summed E-state index contributed by atoms with van der Waals surface area (Å²) in [6.07, 6.45) is 13.2. The number of hydrogen-bond donors (Lipinski definition) is 0. The van der Waals surface area contributed by atoms with Crippen LogP contribution in [0.25, 0.3) is 0 Å². The second-order valence-corrected chi connectivity index (χ2v) is 13.2. The van der Waals surface area contributed by atoms with Gasteiger partial charge in [0.25, 0.3) is 0 Å². The second-order valence-electron chi connectivity index (χ2n) is 13.2. The van der Waals surface area contributed by atoms with E-state index in [1.807, 2.05) is 0 Å². The van der Waals surface area contributed by atoms with Crippen LogP contribution in [-0.4, -0.2) is 37.7 Å². The lowest BCUT2D eigenvalue weighted by Crippen LogP contribution is -2.34. The number of carbonyl (C=O) groups is 3. The highest BCUT2D eigenvalue weighted by Crippen LogP contribution is 2.35. The van der Waals surface area contributed by atoms with Crippen molar-refractivity contribution in [2.45, 2.75) is 138 Å². The molecule has 228 valence electrons. The molecule has 0 spiro atoms. The van der Waals surface area contributed by atoms with Crippen molar-refractivity contribution in [3.63, 3.8) is 0 Å². The van der Waals surface area contributed by atoms with E-state index in [2.05, 4.69) is 41.5 Å². The second kappa shape index (κ2) is 21.2. The van der Waals surface area contributed by atoms with Gasteiger partial charge in [0.2, 0.25) is 0 Å². The molecule has 1 saturated carbocycles. The van der Waals surface area contributed by atoms with Crippen LogP contribution in [0.2, 0.25) is 0 Å². The van der Waals surface area contributed by atoms with Crippen molar-refractivity contribution in [3.05, 3.63) is 0 Å². The molecule has 0 aromatic carbocycles. The Morgan fingerprint density at radius 1 is 0.538 bits per heavy atom. The maximum atomic E-state index is 12.4. The lowest BCUT2D eigenvalue weighted by atomic mass is 9.75. The van der Waals surface area contributed by atoms with E-state index in [4.69, 9.17) is 14.2 Å². The highest BCUT2D eigenvalue weighted by Gasteiger charge is 2.33. The summed E-state index contributed by atoms with van der Waals surface area (Å²) in [4.78, 5) is 36.9. The third kappa shape index (κ3) is 19.2. The summed E-state index contributed by atoms with van der Waals surface area (Å²) >= 11 is 0. The molecule has 3 atom stereocenters. The third-order valence-electron chi connectivity index (χ3n) is 7.88. The van der Waals surface area contributed by atoms with Crippen molar-refractivity contribution in [1.29, 1.82) is 0 Å². The van der Waals surface area contributed by atoms with Crippen LogP contribution < -0.4 is 0 Å². The fourth-order valence-corrected chi connectivity index (χ4v) is 5.29.